The van der Waals surface area contributed by atoms with Gasteiger partial charge in [-0.1, -0.05) is 15.9 Å². The monoisotopic (exact) mass is 325 g/mol. The molecule has 104 valence electrons. The fourth-order valence-corrected chi connectivity index (χ4v) is 2.94. The van der Waals surface area contributed by atoms with Crippen molar-refractivity contribution >= 4 is 33.2 Å². The van der Waals surface area contributed by atoms with Crippen LogP contribution in [0.3, 0.4) is 0 Å². The molecule has 1 heterocycles. The second-order valence-electron chi connectivity index (χ2n) is 5.25. The molecular formula is C14H20BrN3O. The van der Waals surface area contributed by atoms with Crippen LogP contribution >= 0.6 is 15.9 Å². The topological polar surface area (TPSA) is 58.4 Å². The maximum absolute atomic E-state index is 12.2. The van der Waals surface area contributed by atoms with E-state index in [9.17, 15) is 4.79 Å². The van der Waals surface area contributed by atoms with Gasteiger partial charge >= 0.3 is 0 Å². The first-order valence-corrected chi connectivity index (χ1v) is 7.31. The Hall–Kier alpha value is -1.07. The second-order valence-corrected chi connectivity index (χ2v) is 6.17. The third-order valence-electron chi connectivity index (χ3n) is 3.70. The van der Waals surface area contributed by atoms with E-state index in [2.05, 4.69) is 33.2 Å². The van der Waals surface area contributed by atoms with Crippen LogP contribution in [0.15, 0.2) is 16.6 Å². The quantitative estimate of drug-likeness (QED) is 0.822. The molecule has 1 aliphatic rings. The van der Waals surface area contributed by atoms with Crippen LogP contribution in [0.5, 0.6) is 0 Å². The number of hydrogen-bond acceptors (Lipinski definition) is 3. The van der Waals surface area contributed by atoms with Gasteiger partial charge in [-0.25, -0.2) is 0 Å². The number of likely N-dealkylation sites (tertiary alicyclic amines) is 1. The van der Waals surface area contributed by atoms with Gasteiger partial charge in [0.05, 0.1) is 11.4 Å². The van der Waals surface area contributed by atoms with Crippen LogP contribution in [0, 0.1) is 12.8 Å². The molecule has 0 saturated carbocycles. The Balaban J connectivity index is 2.07. The second kappa shape index (κ2) is 5.92. The summed E-state index contributed by atoms with van der Waals surface area (Å²) >= 11 is 3.43. The first kappa shape index (κ1) is 14.3. The summed E-state index contributed by atoms with van der Waals surface area (Å²) in [6.07, 6.45) is 1.82. The summed E-state index contributed by atoms with van der Waals surface area (Å²) in [6, 6.07) is 3.80. The highest BCUT2D eigenvalue weighted by atomic mass is 79.9. The summed E-state index contributed by atoms with van der Waals surface area (Å²) in [5.41, 5.74) is 8.32. The molecule has 1 aromatic rings. The molecule has 19 heavy (non-hydrogen) atoms. The van der Waals surface area contributed by atoms with Crippen molar-refractivity contribution in [2.24, 2.45) is 5.92 Å². The number of halogens is 1. The minimum Gasteiger partial charge on any atom is -0.397 e. The van der Waals surface area contributed by atoms with Gasteiger partial charge < -0.3 is 16.0 Å². The highest BCUT2D eigenvalue weighted by molar-refractivity contribution is 9.10. The van der Waals surface area contributed by atoms with Crippen molar-refractivity contribution in [2.45, 2.75) is 19.8 Å². The Morgan fingerprint density at radius 2 is 2.05 bits per heavy atom. The summed E-state index contributed by atoms with van der Waals surface area (Å²) in [4.78, 5) is 14.5. The average molecular weight is 326 g/mol. The summed E-state index contributed by atoms with van der Waals surface area (Å²) in [6.45, 7) is 3.89. The number of benzene rings is 1. The lowest BCUT2D eigenvalue weighted by Crippen LogP contribution is -2.36. The first-order chi connectivity index (χ1) is 8.97. The van der Waals surface area contributed by atoms with Gasteiger partial charge in [-0.05, 0) is 57.6 Å². The molecule has 1 aliphatic heterocycles. The van der Waals surface area contributed by atoms with Gasteiger partial charge in [0.15, 0.2) is 0 Å². The first-order valence-electron chi connectivity index (χ1n) is 6.52. The number of carbonyl (C=O) groups is 1. The van der Waals surface area contributed by atoms with E-state index < -0.39 is 0 Å². The lowest BCUT2D eigenvalue weighted by atomic mass is 9.96. The molecular weight excluding hydrogens is 306 g/mol. The largest absolute Gasteiger partial charge is 0.397 e. The zero-order valence-corrected chi connectivity index (χ0v) is 13.0. The normalized spacial score (nSPS) is 17.4. The van der Waals surface area contributed by atoms with Gasteiger partial charge in [0.25, 0.3) is 0 Å². The number of hydrogen-bond donors (Lipinski definition) is 2. The van der Waals surface area contributed by atoms with Crippen molar-refractivity contribution in [3.8, 4) is 0 Å². The van der Waals surface area contributed by atoms with Crippen LogP contribution in [-0.4, -0.2) is 30.9 Å². The summed E-state index contributed by atoms with van der Waals surface area (Å²) in [5.74, 6) is 0.173. The van der Waals surface area contributed by atoms with E-state index in [1.165, 1.54) is 0 Å². The number of nitrogens with two attached hydrogens (primary N) is 1. The van der Waals surface area contributed by atoms with Gasteiger partial charge in [-0.3, -0.25) is 4.79 Å². The molecule has 0 unspecified atom stereocenters. The maximum Gasteiger partial charge on any atom is 0.227 e. The third-order valence-corrected chi connectivity index (χ3v) is 4.16. The summed E-state index contributed by atoms with van der Waals surface area (Å²) < 4.78 is 0.929. The molecule has 0 bridgehead atoms. The molecule has 1 saturated heterocycles. The van der Waals surface area contributed by atoms with Crippen LogP contribution in [0.25, 0.3) is 0 Å². The van der Waals surface area contributed by atoms with Gasteiger partial charge in [0, 0.05) is 10.4 Å². The van der Waals surface area contributed by atoms with Gasteiger partial charge in [0.1, 0.15) is 0 Å². The molecule has 4 nitrogen and oxygen atoms in total. The van der Waals surface area contributed by atoms with E-state index in [-0.39, 0.29) is 11.8 Å². The molecule has 3 N–H and O–H groups in total. The van der Waals surface area contributed by atoms with Crippen molar-refractivity contribution < 1.29 is 4.79 Å². The fraction of sp³-hybridized carbons (Fsp3) is 0.500. The van der Waals surface area contributed by atoms with Crippen LogP contribution in [-0.2, 0) is 4.79 Å². The van der Waals surface area contributed by atoms with Crippen LogP contribution < -0.4 is 11.1 Å². The number of piperidine rings is 1. The lowest BCUT2D eigenvalue weighted by Gasteiger charge is -2.28. The number of anilines is 2. The molecule has 0 spiro atoms. The number of nitrogens with one attached hydrogen (secondary N) is 1. The van der Waals surface area contributed by atoms with Crippen molar-refractivity contribution in [3.63, 3.8) is 0 Å². The Bertz CT molecular complexity index is 482. The van der Waals surface area contributed by atoms with Crippen molar-refractivity contribution in [1.82, 2.24) is 4.90 Å². The zero-order chi connectivity index (χ0) is 14.0. The molecule has 1 amide bonds. The number of nitrogens with zero attached hydrogens (tertiary/aromatic N) is 1. The van der Waals surface area contributed by atoms with E-state index in [1.54, 1.807) is 0 Å². The SMILES string of the molecule is Cc1cc(Br)cc(NC(=O)C2CCN(C)CC2)c1N. The lowest BCUT2D eigenvalue weighted by molar-refractivity contribution is -0.121. The highest BCUT2D eigenvalue weighted by Crippen LogP contribution is 2.28. The Labute approximate surface area is 122 Å². The predicted octanol–water partition coefficient (Wildman–Crippen LogP) is 2.62. The maximum atomic E-state index is 12.2. The zero-order valence-electron chi connectivity index (χ0n) is 11.4. The molecule has 0 radical (unpaired) electrons. The minimum absolute atomic E-state index is 0.0808. The molecule has 1 aromatic carbocycles. The molecule has 0 atom stereocenters. The molecule has 1 fully saturated rings. The van der Waals surface area contributed by atoms with Gasteiger partial charge in [-0.2, -0.15) is 0 Å². The smallest absolute Gasteiger partial charge is 0.227 e. The standard InChI is InChI=1S/C14H20BrN3O/c1-9-7-11(15)8-12(13(9)16)17-14(19)10-3-5-18(2)6-4-10/h7-8,10H,3-6,16H2,1-2H3,(H,17,19). The Kier molecular flexibility index (Phi) is 4.47. The highest BCUT2D eigenvalue weighted by Gasteiger charge is 2.23. The van der Waals surface area contributed by atoms with Gasteiger partial charge in [-0.15, -0.1) is 0 Å². The predicted molar refractivity (Wildman–Crippen MR) is 82.1 cm³/mol. The molecule has 0 aliphatic carbocycles. The average Bonchev–Trinajstić information content (AvgIpc) is 2.36. The van der Waals surface area contributed by atoms with Crippen LogP contribution in [0.1, 0.15) is 18.4 Å². The van der Waals surface area contributed by atoms with Crippen molar-refractivity contribution in [3.05, 3.63) is 22.2 Å². The van der Waals surface area contributed by atoms with E-state index in [0.29, 0.717) is 11.4 Å². The number of carbonyl (C=O) groups excluding carboxylic acids is 1. The number of amides is 1. The fourth-order valence-electron chi connectivity index (χ4n) is 2.36. The number of aryl methyl sites for hydroxylation is 1. The van der Waals surface area contributed by atoms with E-state index in [4.69, 9.17) is 5.73 Å². The molecule has 0 aromatic heterocycles. The minimum atomic E-state index is 0.0808. The summed E-state index contributed by atoms with van der Waals surface area (Å²) in [5, 5.41) is 2.96. The molecule has 5 heteroatoms. The van der Waals surface area contributed by atoms with E-state index in [1.807, 2.05) is 19.1 Å². The van der Waals surface area contributed by atoms with E-state index in [0.717, 1.165) is 36.0 Å². The van der Waals surface area contributed by atoms with Crippen molar-refractivity contribution in [2.75, 3.05) is 31.2 Å². The van der Waals surface area contributed by atoms with Crippen molar-refractivity contribution in [1.29, 1.82) is 0 Å². The van der Waals surface area contributed by atoms with Gasteiger partial charge in [0.2, 0.25) is 5.91 Å². The Morgan fingerprint density at radius 1 is 1.42 bits per heavy atom. The summed E-state index contributed by atoms with van der Waals surface area (Å²) in [7, 11) is 2.09. The number of nitrogen functional groups attached to an aromatic ring is 1. The van der Waals surface area contributed by atoms with Crippen LogP contribution in [0.4, 0.5) is 11.4 Å². The number of rotatable bonds is 2. The molecule has 2 rings (SSSR count). The third kappa shape index (κ3) is 3.48. The Morgan fingerprint density at radius 3 is 2.68 bits per heavy atom. The van der Waals surface area contributed by atoms with E-state index >= 15 is 0 Å². The van der Waals surface area contributed by atoms with Crippen LogP contribution in [0.2, 0.25) is 0 Å².